The summed E-state index contributed by atoms with van der Waals surface area (Å²) in [5, 5.41) is 3.21. The van der Waals surface area contributed by atoms with Gasteiger partial charge in [-0.05, 0) is 38.9 Å². The molecule has 4 heteroatoms. The summed E-state index contributed by atoms with van der Waals surface area (Å²) in [6, 6.07) is 9.72. The van der Waals surface area contributed by atoms with Crippen LogP contribution in [0.15, 0.2) is 30.3 Å². The smallest absolute Gasteiger partial charge is 0.224 e. The highest BCUT2D eigenvalue weighted by Crippen LogP contribution is 2.11. The number of carbonyl (C=O) groups is 1. The first-order valence-electron chi connectivity index (χ1n) is 6.21. The molecule has 0 bridgehead atoms. The molecule has 1 rings (SSSR count). The highest BCUT2D eigenvalue weighted by atomic mass is 16.5. The van der Waals surface area contributed by atoms with Crippen LogP contribution in [0.4, 0.5) is 0 Å². The quantitative estimate of drug-likeness (QED) is 0.688. The fraction of sp³-hybridized carbons (Fsp3) is 0.500. The van der Waals surface area contributed by atoms with Crippen molar-refractivity contribution in [1.29, 1.82) is 0 Å². The Balaban J connectivity index is 2.08. The van der Waals surface area contributed by atoms with Crippen LogP contribution in [0.25, 0.3) is 0 Å². The lowest BCUT2D eigenvalue weighted by Gasteiger charge is -2.20. The van der Waals surface area contributed by atoms with Gasteiger partial charge in [0.25, 0.3) is 0 Å². The van der Waals surface area contributed by atoms with Crippen molar-refractivity contribution in [3.63, 3.8) is 0 Å². The van der Waals surface area contributed by atoms with E-state index in [4.69, 9.17) is 10.5 Å². The molecule has 0 heterocycles. The number of amides is 1. The Bertz CT molecular complexity index is 363. The normalized spacial score (nSPS) is 11.2. The second-order valence-electron chi connectivity index (χ2n) is 4.94. The Hall–Kier alpha value is -1.55. The second-order valence-corrected chi connectivity index (χ2v) is 4.94. The van der Waals surface area contributed by atoms with Crippen LogP contribution in [0.2, 0.25) is 0 Å². The van der Waals surface area contributed by atoms with Gasteiger partial charge in [-0.2, -0.15) is 0 Å². The second kappa shape index (κ2) is 7.01. The topological polar surface area (TPSA) is 64.3 Å². The maximum Gasteiger partial charge on any atom is 0.224 e. The molecule has 100 valence electrons. The van der Waals surface area contributed by atoms with Crippen molar-refractivity contribution in [3.05, 3.63) is 30.3 Å². The molecule has 0 fully saturated rings. The molecule has 0 saturated heterocycles. The van der Waals surface area contributed by atoms with Crippen molar-refractivity contribution in [3.8, 4) is 5.75 Å². The predicted octanol–water partition coefficient (Wildman–Crippen LogP) is 1.56. The summed E-state index contributed by atoms with van der Waals surface area (Å²) in [5.41, 5.74) is 4.78. The van der Waals surface area contributed by atoms with Crippen molar-refractivity contribution in [1.82, 2.24) is 5.32 Å². The van der Waals surface area contributed by atoms with Gasteiger partial charge in [0.15, 0.2) is 0 Å². The molecule has 0 aliphatic rings. The largest absolute Gasteiger partial charge is 0.494 e. The SMILES string of the molecule is CC(C)(CNCCCOc1ccccc1)C(N)=O. The number of hydrogen-bond acceptors (Lipinski definition) is 3. The van der Waals surface area contributed by atoms with Gasteiger partial charge in [0.05, 0.1) is 12.0 Å². The number of para-hydroxylation sites is 1. The number of ether oxygens (including phenoxy) is 1. The van der Waals surface area contributed by atoms with Crippen molar-refractivity contribution < 1.29 is 9.53 Å². The summed E-state index contributed by atoms with van der Waals surface area (Å²) in [7, 11) is 0. The molecule has 0 radical (unpaired) electrons. The zero-order valence-electron chi connectivity index (χ0n) is 11.1. The molecule has 0 saturated carbocycles. The van der Waals surface area contributed by atoms with E-state index in [1.807, 2.05) is 44.2 Å². The Labute approximate surface area is 109 Å². The van der Waals surface area contributed by atoms with E-state index in [-0.39, 0.29) is 5.91 Å². The Morgan fingerprint density at radius 3 is 2.61 bits per heavy atom. The third-order valence-electron chi connectivity index (χ3n) is 2.74. The summed E-state index contributed by atoms with van der Waals surface area (Å²) in [6.45, 7) is 5.73. The third-order valence-corrected chi connectivity index (χ3v) is 2.74. The van der Waals surface area contributed by atoms with Gasteiger partial charge in [0.1, 0.15) is 5.75 Å². The van der Waals surface area contributed by atoms with Crippen molar-refractivity contribution in [2.24, 2.45) is 11.1 Å². The lowest BCUT2D eigenvalue weighted by Crippen LogP contribution is -2.40. The molecule has 3 N–H and O–H groups in total. The zero-order valence-corrected chi connectivity index (χ0v) is 11.1. The molecular formula is C14H22N2O2. The molecule has 0 aliphatic heterocycles. The molecule has 0 spiro atoms. The van der Waals surface area contributed by atoms with E-state index < -0.39 is 5.41 Å². The number of nitrogens with two attached hydrogens (primary N) is 1. The van der Waals surface area contributed by atoms with Crippen LogP contribution >= 0.6 is 0 Å². The van der Waals surface area contributed by atoms with Crippen molar-refractivity contribution >= 4 is 5.91 Å². The molecule has 0 atom stereocenters. The molecule has 0 aromatic heterocycles. The van der Waals surface area contributed by atoms with E-state index in [9.17, 15) is 4.79 Å². The molecule has 1 aromatic rings. The first kappa shape index (κ1) is 14.5. The van der Waals surface area contributed by atoms with Crippen LogP contribution in [0, 0.1) is 5.41 Å². The number of benzene rings is 1. The summed E-state index contributed by atoms with van der Waals surface area (Å²) in [6.07, 6.45) is 0.893. The van der Waals surface area contributed by atoms with E-state index in [2.05, 4.69) is 5.32 Å². The number of nitrogens with one attached hydrogen (secondary N) is 1. The highest BCUT2D eigenvalue weighted by molar-refractivity contribution is 5.80. The van der Waals surface area contributed by atoms with Crippen LogP contribution in [0.1, 0.15) is 20.3 Å². The van der Waals surface area contributed by atoms with Crippen LogP contribution < -0.4 is 15.8 Å². The highest BCUT2D eigenvalue weighted by Gasteiger charge is 2.23. The lowest BCUT2D eigenvalue weighted by molar-refractivity contribution is -0.125. The number of primary amides is 1. The summed E-state index contributed by atoms with van der Waals surface area (Å²) in [5.74, 6) is 0.602. The van der Waals surface area contributed by atoms with Crippen molar-refractivity contribution in [2.45, 2.75) is 20.3 Å². The van der Waals surface area contributed by atoms with Gasteiger partial charge in [-0.3, -0.25) is 4.79 Å². The Morgan fingerprint density at radius 1 is 1.33 bits per heavy atom. The van der Waals surface area contributed by atoms with Crippen LogP contribution in [0.5, 0.6) is 5.75 Å². The van der Waals surface area contributed by atoms with Gasteiger partial charge in [0, 0.05) is 6.54 Å². The van der Waals surface area contributed by atoms with Gasteiger partial charge < -0.3 is 15.8 Å². The van der Waals surface area contributed by atoms with Gasteiger partial charge in [-0.15, -0.1) is 0 Å². The van der Waals surface area contributed by atoms with Crippen LogP contribution in [0.3, 0.4) is 0 Å². The van der Waals surface area contributed by atoms with Gasteiger partial charge in [0.2, 0.25) is 5.91 Å². The number of hydrogen-bond donors (Lipinski definition) is 2. The summed E-state index contributed by atoms with van der Waals surface area (Å²) < 4.78 is 5.55. The molecule has 1 aromatic carbocycles. The third kappa shape index (κ3) is 5.19. The first-order chi connectivity index (χ1) is 8.52. The minimum absolute atomic E-state index is 0.282. The molecule has 0 unspecified atom stereocenters. The van der Waals surface area contributed by atoms with E-state index >= 15 is 0 Å². The number of rotatable bonds is 8. The maximum atomic E-state index is 11.1. The lowest BCUT2D eigenvalue weighted by atomic mass is 9.93. The van der Waals surface area contributed by atoms with E-state index in [0.717, 1.165) is 18.7 Å². The maximum absolute atomic E-state index is 11.1. The van der Waals surface area contributed by atoms with E-state index in [0.29, 0.717) is 13.2 Å². The monoisotopic (exact) mass is 250 g/mol. The van der Waals surface area contributed by atoms with E-state index in [1.54, 1.807) is 0 Å². The number of carbonyl (C=O) groups excluding carboxylic acids is 1. The first-order valence-corrected chi connectivity index (χ1v) is 6.21. The zero-order chi connectivity index (χ0) is 13.4. The average Bonchev–Trinajstić information content (AvgIpc) is 2.34. The van der Waals surface area contributed by atoms with Crippen molar-refractivity contribution in [2.75, 3.05) is 19.7 Å². The molecule has 18 heavy (non-hydrogen) atoms. The minimum Gasteiger partial charge on any atom is -0.494 e. The summed E-state index contributed by atoms with van der Waals surface area (Å²) >= 11 is 0. The van der Waals surface area contributed by atoms with Gasteiger partial charge in [-0.1, -0.05) is 18.2 Å². The van der Waals surface area contributed by atoms with Gasteiger partial charge >= 0.3 is 0 Å². The van der Waals surface area contributed by atoms with Gasteiger partial charge in [-0.25, -0.2) is 0 Å². The molecular weight excluding hydrogens is 228 g/mol. The predicted molar refractivity (Wildman–Crippen MR) is 72.4 cm³/mol. The average molecular weight is 250 g/mol. The minimum atomic E-state index is -0.500. The standard InChI is InChI=1S/C14H22N2O2/c1-14(2,13(15)17)11-16-9-6-10-18-12-7-4-3-5-8-12/h3-5,7-8,16H,6,9-11H2,1-2H3,(H2,15,17). The fourth-order valence-electron chi connectivity index (χ4n) is 1.39. The summed E-state index contributed by atoms with van der Waals surface area (Å²) in [4.78, 5) is 11.1. The van der Waals surface area contributed by atoms with E-state index in [1.165, 1.54) is 0 Å². The molecule has 0 aliphatic carbocycles. The fourth-order valence-corrected chi connectivity index (χ4v) is 1.39. The molecule has 1 amide bonds. The Kier molecular flexibility index (Phi) is 5.65. The Morgan fingerprint density at radius 2 is 2.00 bits per heavy atom. The van der Waals surface area contributed by atoms with Crippen LogP contribution in [-0.2, 0) is 4.79 Å². The van der Waals surface area contributed by atoms with Crippen LogP contribution in [-0.4, -0.2) is 25.6 Å². The molecule has 4 nitrogen and oxygen atoms in total.